The minimum atomic E-state index is -3.24. The van der Waals surface area contributed by atoms with Crippen molar-refractivity contribution in [3.8, 4) is 11.6 Å². The van der Waals surface area contributed by atoms with E-state index < -0.39 is 7.94 Å². The Hall–Kier alpha value is -1.58. The van der Waals surface area contributed by atoms with E-state index in [0.29, 0.717) is 11.6 Å². The summed E-state index contributed by atoms with van der Waals surface area (Å²) >= 11 is 0. The summed E-state index contributed by atoms with van der Waals surface area (Å²) in [6, 6.07) is 10.8. The van der Waals surface area contributed by atoms with Crippen molar-refractivity contribution >= 4 is 7.94 Å². The Morgan fingerprint density at radius 1 is 1.18 bits per heavy atom. The maximum absolute atomic E-state index is 10.1. The van der Waals surface area contributed by atoms with Gasteiger partial charge >= 0.3 is 99.6 Å². The molecule has 2 rings (SSSR count). The molecule has 0 fully saturated rings. The topological polar surface area (TPSA) is 56.5 Å². The third-order valence-electron chi connectivity index (χ3n) is 2.12. The van der Waals surface area contributed by atoms with Crippen molar-refractivity contribution in [2.45, 2.75) is 0 Å². The van der Waals surface area contributed by atoms with Gasteiger partial charge in [-0.3, -0.25) is 0 Å². The first kappa shape index (κ1) is 11.9. The molecule has 0 aliphatic carbocycles. The van der Waals surface area contributed by atoms with Crippen LogP contribution in [0.1, 0.15) is 0 Å². The van der Waals surface area contributed by atoms with Crippen LogP contribution >= 0.6 is 7.94 Å². The number of rotatable bonds is 4. The Morgan fingerprint density at radius 2 is 1.88 bits per heavy atom. The van der Waals surface area contributed by atoms with Crippen LogP contribution in [0.3, 0.4) is 0 Å². The van der Waals surface area contributed by atoms with Crippen molar-refractivity contribution < 1.29 is 13.9 Å². The molecule has 0 radical (unpaired) electrons. The molecule has 2 aromatic rings. The summed E-state index contributed by atoms with van der Waals surface area (Å²) in [5.41, 5.74) is 0. The summed E-state index contributed by atoms with van der Waals surface area (Å²) < 4.78 is 12.4. The first-order valence-electron chi connectivity index (χ1n) is 5.20. The van der Waals surface area contributed by atoms with Gasteiger partial charge in [0.1, 0.15) is 0 Å². The van der Waals surface area contributed by atoms with Gasteiger partial charge in [-0.05, 0) is 0 Å². The molecule has 0 bridgehead atoms. The molecule has 6 heteroatoms. The Bertz CT molecular complexity index is 484. The Labute approximate surface area is 100 Å². The molecule has 17 heavy (non-hydrogen) atoms. The molecule has 0 amide bonds. The van der Waals surface area contributed by atoms with Crippen molar-refractivity contribution in [3.05, 3.63) is 42.6 Å². The molecule has 1 aromatic carbocycles. The van der Waals surface area contributed by atoms with E-state index in [-0.39, 0.29) is 0 Å². The summed E-state index contributed by atoms with van der Waals surface area (Å²) in [6.45, 7) is 1.56. The normalized spacial score (nSPS) is 12.2. The molecular weight excluding hydrogens is 239 g/mol. The Kier molecular flexibility index (Phi) is 3.31. The zero-order valence-corrected chi connectivity index (χ0v) is 10.7. The van der Waals surface area contributed by atoms with E-state index >= 15 is 0 Å². The molecule has 0 aliphatic rings. The second kappa shape index (κ2) is 4.73. The van der Waals surface area contributed by atoms with Gasteiger partial charge in [0.15, 0.2) is 0 Å². The first-order chi connectivity index (χ1) is 8.07. The number of aryl methyl sites for hydroxylation is 1. The number of aromatic nitrogens is 2. The monoisotopic (exact) mass is 254 g/mol. The van der Waals surface area contributed by atoms with Gasteiger partial charge in [-0.15, -0.1) is 0 Å². The fourth-order valence-corrected chi connectivity index (χ4v) is 2.59. The molecule has 1 aromatic heterocycles. The van der Waals surface area contributed by atoms with Crippen LogP contribution < -0.4 is 9.05 Å². The molecule has 0 spiro atoms. The quantitative estimate of drug-likeness (QED) is 0.848. The van der Waals surface area contributed by atoms with Crippen LogP contribution in [0.5, 0.6) is 11.6 Å². The zero-order chi connectivity index (χ0) is 12.3. The molecule has 0 atom stereocenters. The van der Waals surface area contributed by atoms with E-state index in [1.54, 1.807) is 38.1 Å². The van der Waals surface area contributed by atoms with Crippen LogP contribution in [0.4, 0.5) is 0 Å². The summed E-state index contributed by atoms with van der Waals surface area (Å²) in [4.78, 5) is 10.1. The van der Waals surface area contributed by atoms with Gasteiger partial charge in [-0.1, -0.05) is 0 Å². The SMILES string of the molecule is Cn1nccc1O[PH](C)(O)Oc1ccccc1. The van der Waals surface area contributed by atoms with E-state index in [2.05, 4.69) is 5.10 Å². The number of para-hydroxylation sites is 1. The first-order valence-corrected chi connectivity index (χ1v) is 7.47. The maximum atomic E-state index is 10.1. The van der Waals surface area contributed by atoms with E-state index in [1.165, 1.54) is 4.68 Å². The number of benzene rings is 1. The van der Waals surface area contributed by atoms with Gasteiger partial charge in [0.25, 0.3) is 0 Å². The van der Waals surface area contributed by atoms with Gasteiger partial charge in [0, 0.05) is 0 Å². The fraction of sp³-hybridized carbons (Fsp3) is 0.182. The summed E-state index contributed by atoms with van der Waals surface area (Å²) in [7, 11) is -1.50. The van der Waals surface area contributed by atoms with Gasteiger partial charge in [0.2, 0.25) is 0 Å². The van der Waals surface area contributed by atoms with E-state index in [1.807, 2.05) is 18.2 Å². The van der Waals surface area contributed by atoms with Gasteiger partial charge in [-0.2, -0.15) is 0 Å². The molecule has 92 valence electrons. The predicted molar refractivity (Wildman–Crippen MR) is 67.4 cm³/mol. The van der Waals surface area contributed by atoms with Crippen LogP contribution in [0.2, 0.25) is 0 Å². The number of hydrogen-bond donors (Lipinski definition) is 1. The second-order valence-corrected chi connectivity index (χ2v) is 5.91. The van der Waals surface area contributed by atoms with Crippen molar-refractivity contribution in [2.75, 3.05) is 6.66 Å². The third kappa shape index (κ3) is 3.19. The van der Waals surface area contributed by atoms with Crippen molar-refractivity contribution in [3.63, 3.8) is 0 Å². The molecule has 0 saturated heterocycles. The van der Waals surface area contributed by atoms with Crippen LogP contribution in [0.15, 0.2) is 42.6 Å². The van der Waals surface area contributed by atoms with Crippen LogP contribution in [0, 0.1) is 0 Å². The second-order valence-electron chi connectivity index (χ2n) is 3.71. The van der Waals surface area contributed by atoms with Gasteiger partial charge in [-0.25, -0.2) is 0 Å². The van der Waals surface area contributed by atoms with Crippen molar-refractivity contribution in [2.24, 2.45) is 7.05 Å². The molecule has 5 nitrogen and oxygen atoms in total. The summed E-state index contributed by atoms with van der Waals surface area (Å²) in [5, 5.41) is 3.96. The van der Waals surface area contributed by atoms with Crippen LogP contribution in [-0.4, -0.2) is 21.3 Å². The summed E-state index contributed by atoms with van der Waals surface area (Å²) in [5.74, 6) is 1.07. The van der Waals surface area contributed by atoms with Crippen LogP contribution in [-0.2, 0) is 7.05 Å². The van der Waals surface area contributed by atoms with Crippen LogP contribution in [0.25, 0.3) is 0 Å². The number of nitrogens with zero attached hydrogens (tertiary/aromatic N) is 2. The fourth-order valence-electron chi connectivity index (χ4n) is 1.38. The molecule has 1 heterocycles. The van der Waals surface area contributed by atoms with E-state index in [9.17, 15) is 4.89 Å². The average Bonchev–Trinajstić information content (AvgIpc) is 2.64. The average molecular weight is 254 g/mol. The Morgan fingerprint density at radius 3 is 2.47 bits per heavy atom. The predicted octanol–water partition coefficient (Wildman–Crippen LogP) is 1.99. The standard InChI is InChI=1S/C11H15N2O3P/c1-13-11(8-9-12-13)16-17(2,14)15-10-6-4-3-5-7-10/h3-9,14,17H,1-2H3. The van der Waals surface area contributed by atoms with E-state index in [4.69, 9.17) is 9.05 Å². The van der Waals surface area contributed by atoms with Crippen molar-refractivity contribution in [1.29, 1.82) is 0 Å². The van der Waals surface area contributed by atoms with E-state index in [0.717, 1.165) is 0 Å². The Balaban J connectivity index is 2.07. The molecule has 0 aliphatic heterocycles. The molecular formula is C11H15N2O3P. The van der Waals surface area contributed by atoms with Gasteiger partial charge in [0.05, 0.1) is 0 Å². The van der Waals surface area contributed by atoms with Gasteiger partial charge < -0.3 is 0 Å². The summed E-state index contributed by atoms with van der Waals surface area (Å²) in [6.07, 6.45) is 1.60. The molecule has 0 saturated carbocycles. The molecule has 0 unspecified atom stereocenters. The number of hydrogen-bond acceptors (Lipinski definition) is 4. The third-order valence-corrected chi connectivity index (χ3v) is 3.32. The van der Waals surface area contributed by atoms with Crippen molar-refractivity contribution in [1.82, 2.24) is 9.78 Å². The minimum absolute atomic E-state index is 0.484. The molecule has 1 N–H and O–H groups in total. The zero-order valence-electron chi connectivity index (χ0n) is 9.70.